The summed E-state index contributed by atoms with van der Waals surface area (Å²) in [7, 11) is 0. The van der Waals surface area contributed by atoms with Gasteiger partial charge in [0.15, 0.2) is 0 Å². The number of carbonyl (C=O) groups is 2. The van der Waals surface area contributed by atoms with Crippen molar-refractivity contribution >= 4 is 11.8 Å². The molecule has 0 bridgehead atoms. The van der Waals surface area contributed by atoms with Gasteiger partial charge in [0.25, 0.3) is 0 Å². The quantitative estimate of drug-likeness (QED) is 0.787. The zero-order chi connectivity index (χ0) is 14.4. The summed E-state index contributed by atoms with van der Waals surface area (Å²) in [5.74, 6) is -0.148. The maximum Gasteiger partial charge on any atom is 0.239 e. The molecular formula is C14H19N3O3. The van der Waals surface area contributed by atoms with Crippen LogP contribution in [-0.4, -0.2) is 42.6 Å². The first kappa shape index (κ1) is 14.5. The van der Waals surface area contributed by atoms with Crippen LogP contribution in [0.5, 0.6) is 0 Å². The van der Waals surface area contributed by atoms with E-state index < -0.39 is 0 Å². The minimum Gasteiger partial charge on any atom is -0.379 e. The predicted octanol–water partition coefficient (Wildman–Crippen LogP) is -0.109. The molecule has 2 heterocycles. The van der Waals surface area contributed by atoms with Crippen molar-refractivity contribution in [1.29, 1.82) is 0 Å². The smallest absolute Gasteiger partial charge is 0.239 e. The fourth-order valence-electron chi connectivity index (χ4n) is 2.24. The maximum atomic E-state index is 11.7. The number of pyridine rings is 1. The molecule has 108 valence electrons. The van der Waals surface area contributed by atoms with Crippen LogP contribution in [0.4, 0.5) is 0 Å². The van der Waals surface area contributed by atoms with Gasteiger partial charge in [0.2, 0.25) is 11.8 Å². The largest absolute Gasteiger partial charge is 0.379 e. The van der Waals surface area contributed by atoms with Crippen LogP contribution in [0.1, 0.15) is 12.5 Å². The van der Waals surface area contributed by atoms with Crippen LogP contribution in [0.15, 0.2) is 24.5 Å². The molecule has 1 aromatic rings. The highest BCUT2D eigenvalue weighted by molar-refractivity contribution is 5.83. The van der Waals surface area contributed by atoms with Gasteiger partial charge in [-0.15, -0.1) is 0 Å². The first-order chi connectivity index (χ1) is 9.65. The van der Waals surface area contributed by atoms with Gasteiger partial charge < -0.3 is 15.4 Å². The van der Waals surface area contributed by atoms with Crippen molar-refractivity contribution in [3.63, 3.8) is 0 Å². The summed E-state index contributed by atoms with van der Waals surface area (Å²) in [5, 5.41) is 5.39. The Balaban J connectivity index is 1.84. The third kappa shape index (κ3) is 4.31. The van der Waals surface area contributed by atoms with Crippen LogP contribution in [0.2, 0.25) is 0 Å². The summed E-state index contributed by atoms with van der Waals surface area (Å²) in [6, 6.07) is 3.92. The molecule has 0 radical (unpaired) electrons. The molecular weight excluding hydrogens is 258 g/mol. The number of carbonyl (C=O) groups excluding carboxylic acids is 2. The van der Waals surface area contributed by atoms with Crippen molar-refractivity contribution in [2.75, 3.05) is 19.8 Å². The topological polar surface area (TPSA) is 80.3 Å². The SMILES string of the molecule is CC(=O)NCC(=O)N[C@@H]1COC[C@H]1Cc1ccncc1. The van der Waals surface area contributed by atoms with Crippen LogP contribution >= 0.6 is 0 Å². The Morgan fingerprint density at radius 1 is 1.35 bits per heavy atom. The van der Waals surface area contributed by atoms with Gasteiger partial charge in [0.1, 0.15) is 0 Å². The van der Waals surface area contributed by atoms with Crippen LogP contribution in [0.3, 0.4) is 0 Å². The average Bonchev–Trinajstić information content (AvgIpc) is 2.85. The zero-order valence-corrected chi connectivity index (χ0v) is 11.5. The van der Waals surface area contributed by atoms with E-state index in [4.69, 9.17) is 4.74 Å². The molecule has 1 saturated heterocycles. The van der Waals surface area contributed by atoms with Gasteiger partial charge in [0, 0.05) is 25.2 Å². The van der Waals surface area contributed by atoms with E-state index in [0.717, 1.165) is 6.42 Å². The van der Waals surface area contributed by atoms with Crippen LogP contribution < -0.4 is 10.6 Å². The van der Waals surface area contributed by atoms with Gasteiger partial charge in [-0.2, -0.15) is 0 Å². The van der Waals surface area contributed by atoms with E-state index >= 15 is 0 Å². The van der Waals surface area contributed by atoms with E-state index in [1.54, 1.807) is 12.4 Å². The summed E-state index contributed by atoms with van der Waals surface area (Å²) >= 11 is 0. The third-order valence-electron chi connectivity index (χ3n) is 3.29. The molecule has 2 N–H and O–H groups in total. The molecule has 6 nitrogen and oxygen atoms in total. The molecule has 1 fully saturated rings. The van der Waals surface area contributed by atoms with E-state index in [1.165, 1.54) is 12.5 Å². The molecule has 0 aliphatic carbocycles. The Morgan fingerprint density at radius 3 is 2.80 bits per heavy atom. The van der Waals surface area contributed by atoms with E-state index in [2.05, 4.69) is 15.6 Å². The second-order valence-corrected chi connectivity index (χ2v) is 4.94. The average molecular weight is 277 g/mol. The number of ether oxygens (including phenoxy) is 1. The summed E-state index contributed by atoms with van der Waals surface area (Å²) in [6.07, 6.45) is 4.36. The number of nitrogens with one attached hydrogen (secondary N) is 2. The lowest BCUT2D eigenvalue weighted by Gasteiger charge is -2.19. The van der Waals surface area contributed by atoms with Crippen molar-refractivity contribution in [3.8, 4) is 0 Å². The minimum atomic E-state index is -0.212. The number of hydrogen-bond acceptors (Lipinski definition) is 4. The van der Waals surface area contributed by atoms with Crippen molar-refractivity contribution in [2.24, 2.45) is 5.92 Å². The number of hydrogen-bond donors (Lipinski definition) is 2. The lowest BCUT2D eigenvalue weighted by Crippen LogP contribution is -2.45. The zero-order valence-electron chi connectivity index (χ0n) is 11.5. The van der Waals surface area contributed by atoms with Crippen molar-refractivity contribution in [3.05, 3.63) is 30.1 Å². The highest BCUT2D eigenvalue weighted by atomic mass is 16.5. The molecule has 0 unspecified atom stereocenters. The Hall–Kier alpha value is -1.95. The third-order valence-corrected chi connectivity index (χ3v) is 3.29. The van der Waals surface area contributed by atoms with Crippen molar-refractivity contribution in [1.82, 2.24) is 15.6 Å². The second-order valence-electron chi connectivity index (χ2n) is 4.94. The maximum absolute atomic E-state index is 11.7. The molecule has 0 spiro atoms. The van der Waals surface area contributed by atoms with E-state index in [1.807, 2.05) is 12.1 Å². The van der Waals surface area contributed by atoms with Gasteiger partial charge in [-0.1, -0.05) is 0 Å². The lowest BCUT2D eigenvalue weighted by molar-refractivity contribution is -0.125. The Kier molecular flexibility index (Phi) is 5.06. The summed E-state index contributed by atoms with van der Waals surface area (Å²) in [4.78, 5) is 26.5. The minimum absolute atomic E-state index is 0.00775. The first-order valence-electron chi connectivity index (χ1n) is 6.65. The van der Waals surface area contributed by atoms with Gasteiger partial charge in [-0.05, 0) is 24.1 Å². The molecule has 2 atom stereocenters. The van der Waals surface area contributed by atoms with E-state index in [-0.39, 0.29) is 30.3 Å². The highest BCUT2D eigenvalue weighted by Gasteiger charge is 2.29. The molecule has 2 rings (SSSR count). The number of rotatable bonds is 5. The molecule has 20 heavy (non-hydrogen) atoms. The highest BCUT2D eigenvalue weighted by Crippen LogP contribution is 2.18. The Bertz CT molecular complexity index is 464. The van der Waals surface area contributed by atoms with Gasteiger partial charge >= 0.3 is 0 Å². The van der Waals surface area contributed by atoms with Crippen molar-refractivity contribution < 1.29 is 14.3 Å². The van der Waals surface area contributed by atoms with Gasteiger partial charge in [-0.3, -0.25) is 14.6 Å². The predicted molar refractivity (Wildman–Crippen MR) is 72.9 cm³/mol. The fourth-order valence-corrected chi connectivity index (χ4v) is 2.24. The lowest BCUT2D eigenvalue weighted by atomic mass is 9.95. The number of amides is 2. The van der Waals surface area contributed by atoms with Crippen LogP contribution in [-0.2, 0) is 20.7 Å². The van der Waals surface area contributed by atoms with E-state index in [0.29, 0.717) is 13.2 Å². The normalized spacial score (nSPS) is 21.4. The standard InChI is InChI=1S/C14H19N3O3/c1-10(18)16-7-14(19)17-13-9-20-8-12(13)6-11-2-4-15-5-3-11/h2-5,12-13H,6-9H2,1H3,(H,16,18)(H,17,19)/t12-,13-/m1/s1. The first-order valence-corrected chi connectivity index (χ1v) is 6.65. The van der Waals surface area contributed by atoms with Crippen LogP contribution in [0.25, 0.3) is 0 Å². The van der Waals surface area contributed by atoms with E-state index in [9.17, 15) is 9.59 Å². The molecule has 1 aliphatic rings. The monoisotopic (exact) mass is 277 g/mol. The van der Waals surface area contributed by atoms with Crippen molar-refractivity contribution in [2.45, 2.75) is 19.4 Å². The van der Waals surface area contributed by atoms with Crippen LogP contribution in [0, 0.1) is 5.92 Å². The Labute approximate surface area is 117 Å². The molecule has 2 amide bonds. The van der Waals surface area contributed by atoms with Gasteiger partial charge in [-0.25, -0.2) is 0 Å². The second kappa shape index (κ2) is 7.00. The summed E-state index contributed by atoms with van der Waals surface area (Å²) in [6.45, 7) is 2.54. The molecule has 6 heteroatoms. The fraction of sp³-hybridized carbons (Fsp3) is 0.500. The molecule has 0 saturated carbocycles. The summed E-state index contributed by atoms with van der Waals surface area (Å²) in [5.41, 5.74) is 1.18. The molecule has 0 aromatic carbocycles. The molecule has 1 aromatic heterocycles. The number of nitrogens with zero attached hydrogens (tertiary/aromatic N) is 1. The summed E-state index contributed by atoms with van der Waals surface area (Å²) < 4.78 is 5.45. The van der Waals surface area contributed by atoms with Gasteiger partial charge in [0.05, 0.1) is 25.8 Å². The Morgan fingerprint density at radius 2 is 2.10 bits per heavy atom. The number of aromatic nitrogens is 1. The molecule has 1 aliphatic heterocycles.